The molecule has 0 saturated heterocycles. The van der Waals surface area contributed by atoms with Gasteiger partial charge in [0.2, 0.25) is 0 Å². The van der Waals surface area contributed by atoms with Gasteiger partial charge in [0.1, 0.15) is 12.1 Å². The summed E-state index contributed by atoms with van der Waals surface area (Å²) in [4.78, 5) is 8.07. The first-order chi connectivity index (χ1) is 7.45. The quantitative estimate of drug-likeness (QED) is 0.755. The van der Waals surface area contributed by atoms with Crippen LogP contribution in [-0.2, 0) is 6.42 Å². The van der Waals surface area contributed by atoms with Crippen LogP contribution in [0.15, 0.2) is 35.5 Å². The Morgan fingerprint density at radius 3 is 3.07 bits per heavy atom. The largest absolute Gasteiger partial charge is 0.469 e. The lowest BCUT2D eigenvalue weighted by molar-refractivity contribution is 0.455. The number of rotatable bonds is 1. The molecule has 1 unspecified atom stereocenters. The number of furan rings is 1. The molecule has 15 heavy (non-hydrogen) atoms. The number of nitrogens with zero attached hydrogens (tertiary/aromatic N) is 2. The van der Waals surface area contributed by atoms with Crippen LogP contribution in [0.5, 0.6) is 0 Å². The van der Waals surface area contributed by atoms with E-state index in [2.05, 4.69) is 15.3 Å². The van der Waals surface area contributed by atoms with Crippen molar-refractivity contribution in [1.29, 1.82) is 0 Å². The van der Waals surface area contributed by atoms with Crippen LogP contribution < -0.4 is 5.32 Å². The summed E-state index contributed by atoms with van der Waals surface area (Å²) in [5.41, 5.74) is 2.29. The van der Waals surface area contributed by atoms with Crippen molar-refractivity contribution in [3.63, 3.8) is 0 Å². The zero-order valence-corrected chi connectivity index (χ0v) is 8.18. The zero-order chi connectivity index (χ0) is 10.1. The van der Waals surface area contributed by atoms with Crippen molar-refractivity contribution in [3.8, 4) is 0 Å². The van der Waals surface area contributed by atoms with Crippen molar-refractivity contribution in [2.75, 3.05) is 6.54 Å². The van der Waals surface area contributed by atoms with Gasteiger partial charge in [-0.2, -0.15) is 0 Å². The van der Waals surface area contributed by atoms with Crippen LogP contribution in [0.1, 0.15) is 22.9 Å². The summed E-state index contributed by atoms with van der Waals surface area (Å²) in [5, 5.41) is 3.44. The number of nitrogens with one attached hydrogen (secondary N) is 1. The third-order valence-electron chi connectivity index (χ3n) is 2.71. The predicted molar refractivity (Wildman–Crippen MR) is 54.3 cm³/mol. The summed E-state index contributed by atoms with van der Waals surface area (Å²) < 4.78 is 5.43. The molecule has 1 N–H and O–H groups in total. The minimum atomic E-state index is 0.175. The highest BCUT2D eigenvalue weighted by molar-refractivity contribution is 5.32. The SMILES string of the molecule is c1ncc(C2NCCc3occc32)cn1. The molecule has 4 heteroatoms. The lowest BCUT2D eigenvalue weighted by Gasteiger charge is -2.22. The van der Waals surface area contributed by atoms with E-state index in [1.165, 1.54) is 5.56 Å². The molecule has 1 aliphatic heterocycles. The van der Waals surface area contributed by atoms with Gasteiger partial charge in [0.25, 0.3) is 0 Å². The summed E-state index contributed by atoms with van der Waals surface area (Å²) in [6, 6.07) is 2.19. The van der Waals surface area contributed by atoms with Crippen molar-refractivity contribution in [3.05, 3.63) is 47.9 Å². The van der Waals surface area contributed by atoms with Gasteiger partial charge in [-0.25, -0.2) is 9.97 Å². The second-order valence-corrected chi connectivity index (χ2v) is 3.61. The van der Waals surface area contributed by atoms with Gasteiger partial charge >= 0.3 is 0 Å². The third kappa shape index (κ3) is 1.43. The average molecular weight is 201 g/mol. The fourth-order valence-electron chi connectivity index (χ4n) is 2.01. The Balaban J connectivity index is 2.03. The number of aromatic nitrogens is 2. The van der Waals surface area contributed by atoms with Gasteiger partial charge in [0.15, 0.2) is 0 Å². The molecule has 0 saturated carbocycles. The van der Waals surface area contributed by atoms with Crippen LogP contribution in [0.25, 0.3) is 0 Å². The van der Waals surface area contributed by atoms with Gasteiger partial charge < -0.3 is 9.73 Å². The minimum absolute atomic E-state index is 0.175. The van der Waals surface area contributed by atoms with E-state index in [1.54, 1.807) is 12.6 Å². The third-order valence-corrected chi connectivity index (χ3v) is 2.71. The van der Waals surface area contributed by atoms with Gasteiger partial charge in [-0.1, -0.05) is 0 Å². The molecule has 0 radical (unpaired) electrons. The lowest BCUT2D eigenvalue weighted by Crippen LogP contribution is -2.29. The van der Waals surface area contributed by atoms with E-state index >= 15 is 0 Å². The van der Waals surface area contributed by atoms with Crippen molar-refractivity contribution < 1.29 is 4.42 Å². The maximum absolute atomic E-state index is 5.43. The van der Waals surface area contributed by atoms with E-state index in [1.807, 2.05) is 18.5 Å². The van der Waals surface area contributed by atoms with Crippen molar-refractivity contribution in [2.24, 2.45) is 0 Å². The molecule has 0 fully saturated rings. The first-order valence-electron chi connectivity index (χ1n) is 5.00. The van der Waals surface area contributed by atoms with E-state index in [4.69, 9.17) is 4.42 Å². The fourth-order valence-corrected chi connectivity index (χ4v) is 2.01. The van der Waals surface area contributed by atoms with E-state index in [0.29, 0.717) is 0 Å². The van der Waals surface area contributed by atoms with Crippen LogP contribution in [0.4, 0.5) is 0 Å². The smallest absolute Gasteiger partial charge is 0.115 e. The normalized spacial score (nSPS) is 19.9. The monoisotopic (exact) mass is 201 g/mol. The lowest BCUT2D eigenvalue weighted by atomic mass is 9.97. The van der Waals surface area contributed by atoms with Gasteiger partial charge in [0, 0.05) is 36.5 Å². The fraction of sp³-hybridized carbons (Fsp3) is 0.273. The minimum Gasteiger partial charge on any atom is -0.469 e. The molecular formula is C11H11N3O. The number of hydrogen-bond acceptors (Lipinski definition) is 4. The van der Waals surface area contributed by atoms with Crippen LogP contribution in [0, 0.1) is 0 Å². The first kappa shape index (κ1) is 8.61. The highest BCUT2D eigenvalue weighted by atomic mass is 16.3. The molecule has 0 aromatic carbocycles. The van der Waals surface area contributed by atoms with Gasteiger partial charge in [-0.15, -0.1) is 0 Å². The molecule has 0 bridgehead atoms. The summed E-state index contributed by atoms with van der Waals surface area (Å²) in [6.45, 7) is 0.931. The molecule has 0 spiro atoms. The van der Waals surface area contributed by atoms with Crippen LogP contribution in [0.2, 0.25) is 0 Å². The Hall–Kier alpha value is -1.68. The van der Waals surface area contributed by atoms with Crippen LogP contribution in [-0.4, -0.2) is 16.5 Å². The molecule has 2 aromatic rings. The second-order valence-electron chi connectivity index (χ2n) is 3.61. The molecule has 1 aliphatic rings. The highest BCUT2D eigenvalue weighted by Crippen LogP contribution is 2.28. The number of hydrogen-bond donors (Lipinski definition) is 1. The summed E-state index contributed by atoms with van der Waals surface area (Å²) in [7, 11) is 0. The van der Waals surface area contributed by atoms with E-state index in [0.717, 1.165) is 24.3 Å². The van der Waals surface area contributed by atoms with E-state index in [-0.39, 0.29) is 6.04 Å². The summed E-state index contributed by atoms with van der Waals surface area (Å²) in [6.07, 6.45) is 7.92. The molecule has 2 aromatic heterocycles. The van der Waals surface area contributed by atoms with E-state index in [9.17, 15) is 0 Å². The first-order valence-corrected chi connectivity index (χ1v) is 5.00. The maximum Gasteiger partial charge on any atom is 0.115 e. The summed E-state index contributed by atoms with van der Waals surface area (Å²) >= 11 is 0. The Morgan fingerprint density at radius 1 is 1.33 bits per heavy atom. The van der Waals surface area contributed by atoms with Gasteiger partial charge in [-0.05, 0) is 6.07 Å². The zero-order valence-electron chi connectivity index (χ0n) is 8.18. The van der Waals surface area contributed by atoms with Gasteiger partial charge in [0.05, 0.1) is 12.3 Å². The predicted octanol–water partition coefficient (Wildman–Crippen LogP) is 1.30. The van der Waals surface area contributed by atoms with Crippen molar-refractivity contribution in [2.45, 2.75) is 12.5 Å². The topological polar surface area (TPSA) is 51.0 Å². The molecule has 0 amide bonds. The van der Waals surface area contributed by atoms with Crippen LogP contribution in [0.3, 0.4) is 0 Å². The van der Waals surface area contributed by atoms with E-state index < -0.39 is 0 Å². The Kier molecular flexibility index (Phi) is 1.99. The van der Waals surface area contributed by atoms with Crippen LogP contribution >= 0.6 is 0 Å². The Morgan fingerprint density at radius 2 is 2.20 bits per heavy atom. The Bertz CT molecular complexity index is 452. The molecule has 3 rings (SSSR count). The molecule has 76 valence electrons. The second kappa shape index (κ2) is 3.47. The maximum atomic E-state index is 5.43. The molecule has 4 nitrogen and oxygen atoms in total. The highest BCUT2D eigenvalue weighted by Gasteiger charge is 2.23. The summed E-state index contributed by atoms with van der Waals surface area (Å²) in [5.74, 6) is 1.07. The standard InChI is InChI=1S/C11H11N3O/c1-3-14-11(8-5-12-7-13-6-8)9-2-4-15-10(1)9/h2,4-7,11,14H,1,3H2. The Labute approximate surface area is 87.4 Å². The average Bonchev–Trinajstić information content (AvgIpc) is 2.78. The molecule has 1 atom stereocenters. The number of fused-ring (bicyclic) bond motifs is 1. The molecule has 0 aliphatic carbocycles. The molecule has 3 heterocycles. The molecular weight excluding hydrogens is 190 g/mol. The van der Waals surface area contributed by atoms with Crippen molar-refractivity contribution >= 4 is 0 Å². The van der Waals surface area contributed by atoms with Crippen molar-refractivity contribution in [1.82, 2.24) is 15.3 Å². The van der Waals surface area contributed by atoms with Gasteiger partial charge in [-0.3, -0.25) is 0 Å².